The molecule has 6 rings (SSSR count). The second kappa shape index (κ2) is 15.9. The van der Waals surface area contributed by atoms with Crippen molar-refractivity contribution >= 4 is 5.78 Å². The van der Waals surface area contributed by atoms with E-state index in [1.54, 1.807) is 13.8 Å². The maximum absolute atomic E-state index is 14.8. The molecule has 0 aromatic heterocycles. The Bertz CT molecular complexity index is 1530. The first-order chi connectivity index (χ1) is 26.7. The van der Waals surface area contributed by atoms with Crippen LogP contribution >= 0.6 is 0 Å². The summed E-state index contributed by atoms with van der Waals surface area (Å²) in [4.78, 5) is 14.8. The predicted molar refractivity (Wildman–Crippen MR) is 204 cm³/mol. The molecule has 3 saturated carbocycles. The molecule has 2 heterocycles. The Kier molecular flexibility index (Phi) is 12.7. The number of allylic oxidation sites excluding steroid dienone is 1. The SMILES string of the molecule is CC(C)(O)CCC(O)[C@](C)(O)[C@H]1[C@H](O)C[C@@]2(C)[C@@H]3CC=C4[C@@H](CC[C@H](O[C@@H]5O[C@H](CO[C@@H]6O[C@H](CO)[C@@H](O)[C@H](O)[C@H]6O)[C@@H](O)[C@H](O)[C@H]5O)C4(C)C)[C@]3(C)C(=O)C[C@]12C. The lowest BCUT2D eigenvalue weighted by Gasteiger charge is -2.65. The molecule has 4 aliphatic carbocycles. The third-order valence-electron chi connectivity index (χ3n) is 16.1. The van der Waals surface area contributed by atoms with E-state index in [4.69, 9.17) is 18.9 Å². The van der Waals surface area contributed by atoms with Gasteiger partial charge in [0.1, 0.15) is 54.6 Å². The minimum Gasteiger partial charge on any atom is -0.394 e. The van der Waals surface area contributed by atoms with Crippen molar-refractivity contribution in [1.82, 2.24) is 0 Å². The van der Waals surface area contributed by atoms with Crippen LogP contribution in [0, 0.1) is 39.4 Å². The molecule has 0 amide bonds. The Hall–Kier alpha value is -1.19. The quantitative estimate of drug-likeness (QED) is 0.116. The van der Waals surface area contributed by atoms with Crippen molar-refractivity contribution in [2.75, 3.05) is 13.2 Å². The Morgan fingerprint density at radius 3 is 2.02 bits per heavy atom. The third kappa shape index (κ3) is 7.36. The molecule has 5 fully saturated rings. The van der Waals surface area contributed by atoms with Crippen molar-refractivity contribution in [3.8, 4) is 0 Å². The predicted octanol–water partition coefficient (Wildman–Crippen LogP) is -0.586. The van der Waals surface area contributed by atoms with Gasteiger partial charge in [-0.05, 0) is 82.0 Å². The molecule has 58 heavy (non-hydrogen) atoms. The molecule has 6 aliphatic rings. The van der Waals surface area contributed by atoms with Crippen LogP contribution in [0.2, 0.25) is 0 Å². The van der Waals surface area contributed by atoms with E-state index in [0.29, 0.717) is 25.7 Å². The highest BCUT2D eigenvalue weighted by molar-refractivity contribution is 5.88. The first-order valence-electron chi connectivity index (χ1n) is 21.0. The lowest BCUT2D eigenvalue weighted by Crippen LogP contribution is -2.65. The van der Waals surface area contributed by atoms with E-state index in [9.17, 15) is 61.0 Å². The molecule has 16 heteroatoms. The van der Waals surface area contributed by atoms with Gasteiger partial charge in [0.25, 0.3) is 0 Å². The number of hydrogen-bond donors (Lipinski definition) is 11. The zero-order valence-electron chi connectivity index (χ0n) is 35.1. The van der Waals surface area contributed by atoms with E-state index in [1.807, 2.05) is 27.7 Å². The summed E-state index contributed by atoms with van der Waals surface area (Å²) in [6, 6.07) is 0. The fraction of sp³-hybridized carbons (Fsp3) is 0.929. The van der Waals surface area contributed by atoms with E-state index in [0.717, 1.165) is 5.57 Å². The van der Waals surface area contributed by atoms with Crippen LogP contribution in [0.4, 0.5) is 0 Å². The summed E-state index contributed by atoms with van der Waals surface area (Å²) in [5.74, 6) is -1.15. The topological polar surface area (TPSA) is 277 Å². The number of ketones is 1. The van der Waals surface area contributed by atoms with E-state index in [2.05, 4.69) is 13.0 Å². The van der Waals surface area contributed by atoms with Crippen LogP contribution in [0.5, 0.6) is 0 Å². The minimum atomic E-state index is -1.74. The number of Topliss-reactive ketones (excluding diaryl/α,β-unsaturated/α-hetero) is 1. The van der Waals surface area contributed by atoms with Crippen molar-refractivity contribution in [3.63, 3.8) is 0 Å². The molecule has 0 aromatic rings. The normalized spacial score (nSPS) is 49.6. The average Bonchev–Trinajstić information content (AvgIpc) is 3.34. The van der Waals surface area contributed by atoms with Gasteiger partial charge in [-0.1, -0.05) is 46.3 Å². The van der Waals surface area contributed by atoms with E-state index < -0.39 is 132 Å². The second-order valence-electron chi connectivity index (χ2n) is 20.5. The number of ether oxygens (including phenoxy) is 4. The summed E-state index contributed by atoms with van der Waals surface area (Å²) >= 11 is 0. The molecule has 1 unspecified atom stereocenters. The van der Waals surface area contributed by atoms with Crippen molar-refractivity contribution in [2.45, 2.75) is 191 Å². The maximum atomic E-state index is 14.8. The highest BCUT2D eigenvalue weighted by atomic mass is 16.7. The number of carbonyl (C=O) groups excluding carboxylic acids is 1. The van der Waals surface area contributed by atoms with Gasteiger partial charge in [-0.25, -0.2) is 0 Å². The van der Waals surface area contributed by atoms with E-state index in [-0.39, 0.29) is 36.9 Å². The van der Waals surface area contributed by atoms with Crippen LogP contribution in [0.1, 0.15) is 100 Å². The van der Waals surface area contributed by atoms with Crippen LogP contribution in [0.3, 0.4) is 0 Å². The van der Waals surface area contributed by atoms with Gasteiger partial charge in [-0.3, -0.25) is 4.79 Å². The van der Waals surface area contributed by atoms with Gasteiger partial charge < -0.3 is 75.1 Å². The van der Waals surface area contributed by atoms with Gasteiger partial charge >= 0.3 is 0 Å². The highest BCUT2D eigenvalue weighted by Crippen LogP contribution is 2.74. The number of fused-ring (bicyclic) bond motifs is 5. The van der Waals surface area contributed by atoms with Gasteiger partial charge in [0.15, 0.2) is 12.6 Å². The molecule has 2 aliphatic heterocycles. The third-order valence-corrected chi connectivity index (χ3v) is 16.1. The first-order valence-corrected chi connectivity index (χ1v) is 21.0. The zero-order chi connectivity index (χ0) is 43.3. The average molecular weight is 831 g/mol. The van der Waals surface area contributed by atoms with Crippen molar-refractivity contribution in [1.29, 1.82) is 0 Å². The zero-order valence-corrected chi connectivity index (χ0v) is 35.1. The molecular formula is C42H70O16. The summed E-state index contributed by atoms with van der Waals surface area (Å²) < 4.78 is 23.4. The Balaban J connectivity index is 1.20. The van der Waals surface area contributed by atoms with Gasteiger partial charge in [0.2, 0.25) is 0 Å². The fourth-order valence-corrected chi connectivity index (χ4v) is 12.5. The number of rotatable bonds is 11. The van der Waals surface area contributed by atoms with E-state index in [1.165, 1.54) is 6.92 Å². The minimum absolute atomic E-state index is 0.0366. The smallest absolute Gasteiger partial charge is 0.187 e. The molecule has 11 N–H and O–H groups in total. The largest absolute Gasteiger partial charge is 0.394 e. The highest BCUT2D eigenvalue weighted by Gasteiger charge is 2.74. The standard InChI is InChI=1S/C42H70O16/c1-37(2,53)14-13-25(45)42(8,54)34-21(44)15-39(5)24-11-9-19-20(41(24,7)26(46)16-40(34,39)6)10-12-27(38(19,3)4)58-36-33(52)31(50)29(48)23(57-36)18-55-35-32(51)30(49)28(47)22(17-43)56-35/h9,20-25,27-36,43-45,47-54H,10-18H2,1-8H3/t20-,21-,22-,23-,24+,25?,27+,28-,29-,30+,31+,32-,33-,34+,35-,36+,39+,40-,41+,42+/m1/s1. The number of aliphatic hydroxyl groups is 11. The van der Waals surface area contributed by atoms with Gasteiger partial charge in [0, 0.05) is 23.2 Å². The van der Waals surface area contributed by atoms with Crippen LogP contribution in [0.15, 0.2) is 11.6 Å². The van der Waals surface area contributed by atoms with Gasteiger partial charge in [0.05, 0.1) is 42.7 Å². The van der Waals surface area contributed by atoms with Crippen LogP contribution in [0.25, 0.3) is 0 Å². The summed E-state index contributed by atoms with van der Waals surface area (Å²) in [6.07, 6.45) is -13.7. The Morgan fingerprint density at radius 2 is 1.41 bits per heavy atom. The molecule has 0 radical (unpaired) electrons. The number of carbonyl (C=O) groups is 1. The molecule has 2 saturated heterocycles. The number of aliphatic hydroxyl groups excluding tert-OH is 9. The maximum Gasteiger partial charge on any atom is 0.187 e. The molecule has 0 aromatic carbocycles. The molecule has 16 nitrogen and oxygen atoms in total. The summed E-state index contributed by atoms with van der Waals surface area (Å²) in [5, 5.41) is 118. The molecule has 334 valence electrons. The van der Waals surface area contributed by atoms with Crippen molar-refractivity contribution < 1.29 is 79.9 Å². The molecular weight excluding hydrogens is 760 g/mol. The number of hydrogen-bond acceptors (Lipinski definition) is 16. The van der Waals surface area contributed by atoms with Gasteiger partial charge in [-0.15, -0.1) is 0 Å². The van der Waals surface area contributed by atoms with Crippen LogP contribution < -0.4 is 0 Å². The van der Waals surface area contributed by atoms with Crippen LogP contribution in [-0.4, -0.2) is 166 Å². The first kappa shape index (κ1) is 46.3. The summed E-state index contributed by atoms with van der Waals surface area (Å²) in [7, 11) is 0. The van der Waals surface area contributed by atoms with Crippen molar-refractivity contribution in [3.05, 3.63) is 11.6 Å². The fourth-order valence-electron chi connectivity index (χ4n) is 12.5. The molecule has 0 spiro atoms. The van der Waals surface area contributed by atoms with E-state index >= 15 is 0 Å². The van der Waals surface area contributed by atoms with Gasteiger partial charge in [-0.2, -0.15) is 0 Å². The van der Waals surface area contributed by atoms with Crippen LogP contribution in [-0.2, 0) is 23.7 Å². The lowest BCUT2D eigenvalue weighted by atomic mass is 9.38. The Labute approximate surface area is 340 Å². The molecule has 20 atom stereocenters. The van der Waals surface area contributed by atoms with Crippen molar-refractivity contribution in [2.24, 2.45) is 39.4 Å². The lowest BCUT2D eigenvalue weighted by molar-refractivity contribution is -0.340. The Morgan fingerprint density at radius 1 is 0.828 bits per heavy atom. The molecule has 0 bridgehead atoms. The second-order valence-corrected chi connectivity index (χ2v) is 20.5. The monoisotopic (exact) mass is 830 g/mol. The summed E-state index contributed by atoms with van der Waals surface area (Å²) in [6.45, 7) is 13.8. The summed E-state index contributed by atoms with van der Waals surface area (Å²) in [5.41, 5.74) is -4.74.